The Morgan fingerprint density at radius 3 is 2.24 bits per heavy atom. The van der Waals surface area contributed by atoms with Crippen molar-refractivity contribution in [1.82, 2.24) is 0 Å². The van der Waals surface area contributed by atoms with Crippen molar-refractivity contribution in [1.29, 1.82) is 0 Å². The van der Waals surface area contributed by atoms with Crippen LogP contribution >= 0.6 is 11.8 Å². The average molecular weight is 304 g/mol. The molecule has 1 aromatic carbocycles. The third-order valence-electron chi connectivity index (χ3n) is 5.50. The van der Waals surface area contributed by atoms with E-state index in [1.807, 2.05) is 0 Å². The molecule has 0 heterocycles. The van der Waals surface area contributed by atoms with Gasteiger partial charge < -0.3 is 5.73 Å². The minimum atomic E-state index is 0.430. The summed E-state index contributed by atoms with van der Waals surface area (Å²) < 4.78 is 0. The Kier molecular flexibility index (Phi) is 5.29. The summed E-state index contributed by atoms with van der Waals surface area (Å²) in [7, 11) is 0. The number of aryl methyl sites for hydroxylation is 1. The van der Waals surface area contributed by atoms with E-state index in [1.165, 1.54) is 74.7 Å². The zero-order valence-corrected chi connectivity index (χ0v) is 14.0. The van der Waals surface area contributed by atoms with Crippen LogP contribution in [0.15, 0.2) is 24.3 Å². The Morgan fingerprint density at radius 1 is 1.00 bits per heavy atom. The number of hydrogen-bond acceptors (Lipinski definition) is 2. The third kappa shape index (κ3) is 4.04. The quantitative estimate of drug-likeness (QED) is 0.798. The molecule has 0 unspecified atom stereocenters. The van der Waals surface area contributed by atoms with Gasteiger partial charge in [0.15, 0.2) is 0 Å². The van der Waals surface area contributed by atoms with Crippen molar-refractivity contribution in [3.63, 3.8) is 0 Å². The number of benzene rings is 1. The van der Waals surface area contributed by atoms with E-state index in [2.05, 4.69) is 36.0 Å². The third-order valence-corrected chi connectivity index (χ3v) is 6.88. The predicted molar refractivity (Wildman–Crippen MR) is 93.9 cm³/mol. The Morgan fingerprint density at radius 2 is 1.67 bits per heavy atom. The van der Waals surface area contributed by atoms with Crippen LogP contribution in [-0.4, -0.2) is 17.5 Å². The van der Waals surface area contributed by atoms with Crippen LogP contribution in [0, 0.1) is 5.41 Å². The maximum absolute atomic E-state index is 5.97. The fraction of sp³-hybridized carbons (Fsp3) is 0.684. The van der Waals surface area contributed by atoms with E-state index in [-0.39, 0.29) is 0 Å². The maximum Gasteiger partial charge on any atom is 0.00471 e. The standard InChI is InChI=1S/C19H29NS/c20-15-19(11-3-12-19)14-17-8-6-16(7-9-17)10-13-21-18-4-1-2-5-18/h6-9,18H,1-5,10-15,20H2. The summed E-state index contributed by atoms with van der Waals surface area (Å²) in [6, 6.07) is 9.36. The molecule has 116 valence electrons. The fourth-order valence-electron chi connectivity index (χ4n) is 3.79. The molecule has 0 atom stereocenters. The molecule has 0 spiro atoms. The molecule has 0 saturated heterocycles. The Bertz CT molecular complexity index is 424. The van der Waals surface area contributed by atoms with Crippen molar-refractivity contribution in [3.05, 3.63) is 35.4 Å². The van der Waals surface area contributed by atoms with Crippen molar-refractivity contribution < 1.29 is 0 Å². The summed E-state index contributed by atoms with van der Waals surface area (Å²) in [4.78, 5) is 0. The lowest BCUT2D eigenvalue weighted by Gasteiger charge is -2.41. The lowest BCUT2D eigenvalue weighted by atomic mass is 9.65. The van der Waals surface area contributed by atoms with Crippen molar-refractivity contribution in [2.75, 3.05) is 12.3 Å². The van der Waals surface area contributed by atoms with Gasteiger partial charge >= 0.3 is 0 Å². The molecular weight excluding hydrogens is 274 g/mol. The van der Waals surface area contributed by atoms with E-state index in [4.69, 9.17) is 5.73 Å². The first-order valence-corrected chi connectivity index (χ1v) is 9.74. The van der Waals surface area contributed by atoms with Crippen LogP contribution in [0.1, 0.15) is 56.1 Å². The van der Waals surface area contributed by atoms with Crippen molar-refractivity contribution in [2.24, 2.45) is 11.1 Å². The molecule has 2 aliphatic carbocycles. The first-order valence-electron chi connectivity index (χ1n) is 8.69. The van der Waals surface area contributed by atoms with Gasteiger partial charge in [0.25, 0.3) is 0 Å². The molecule has 0 radical (unpaired) electrons. The van der Waals surface area contributed by atoms with E-state index in [0.717, 1.165) is 11.8 Å². The summed E-state index contributed by atoms with van der Waals surface area (Å²) in [6.07, 6.45) is 12.2. The van der Waals surface area contributed by atoms with Crippen LogP contribution in [0.4, 0.5) is 0 Å². The van der Waals surface area contributed by atoms with Crippen LogP contribution in [0.2, 0.25) is 0 Å². The number of thioether (sulfide) groups is 1. The van der Waals surface area contributed by atoms with E-state index in [1.54, 1.807) is 0 Å². The summed E-state index contributed by atoms with van der Waals surface area (Å²) >= 11 is 2.19. The molecule has 2 N–H and O–H groups in total. The van der Waals surface area contributed by atoms with Crippen molar-refractivity contribution in [3.8, 4) is 0 Å². The fourth-order valence-corrected chi connectivity index (χ4v) is 5.14. The highest BCUT2D eigenvalue weighted by Gasteiger charge is 2.35. The average Bonchev–Trinajstić information content (AvgIpc) is 2.98. The summed E-state index contributed by atoms with van der Waals surface area (Å²) in [5, 5.41) is 0.951. The van der Waals surface area contributed by atoms with Gasteiger partial charge in [-0.2, -0.15) is 11.8 Å². The maximum atomic E-state index is 5.97. The van der Waals surface area contributed by atoms with Crippen LogP contribution in [-0.2, 0) is 12.8 Å². The van der Waals surface area contributed by atoms with Gasteiger partial charge in [-0.05, 0) is 67.4 Å². The van der Waals surface area contributed by atoms with E-state index in [9.17, 15) is 0 Å². The minimum absolute atomic E-state index is 0.430. The van der Waals surface area contributed by atoms with Crippen LogP contribution < -0.4 is 5.73 Å². The van der Waals surface area contributed by atoms with Gasteiger partial charge in [-0.1, -0.05) is 43.5 Å². The highest BCUT2D eigenvalue weighted by atomic mass is 32.2. The number of nitrogens with two attached hydrogens (primary N) is 1. The molecule has 0 aliphatic heterocycles. The molecule has 2 aliphatic rings. The molecule has 2 heteroatoms. The normalized spacial score (nSPS) is 21.4. The Hall–Kier alpha value is -0.470. The van der Waals surface area contributed by atoms with Crippen LogP contribution in [0.25, 0.3) is 0 Å². The lowest BCUT2D eigenvalue weighted by Crippen LogP contribution is -2.39. The lowest BCUT2D eigenvalue weighted by molar-refractivity contribution is 0.145. The zero-order chi connectivity index (χ0) is 14.5. The minimum Gasteiger partial charge on any atom is -0.330 e. The van der Waals surface area contributed by atoms with Gasteiger partial charge in [0.2, 0.25) is 0 Å². The highest BCUT2D eigenvalue weighted by molar-refractivity contribution is 7.99. The first-order chi connectivity index (χ1) is 10.3. The topological polar surface area (TPSA) is 26.0 Å². The van der Waals surface area contributed by atoms with E-state index in [0.29, 0.717) is 5.41 Å². The monoisotopic (exact) mass is 303 g/mol. The largest absolute Gasteiger partial charge is 0.330 e. The molecule has 2 fully saturated rings. The number of rotatable bonds is 7. The van der Waals surface area contributed by atoms with Gasteiger partial charge in [-0.25, -0.2) is 0 Å². The van der Waals surface area contributed by atoms with E-state index < -0.39 is 0 Å². The van der Waals surface area contributed by atoms with Gasteiger partial charge in [0.1, 0.15) is 0 Å². The first kappa shape index (κ1) is 15.4. The van der Waals surface area contributed by atoms with Crippen LogP contribution in [0.5, 0.6) is 0 Å². The molecule has 1 nitrogen and oxygen atoms in total. The predicted octanol–water partition coefficient (Wildman–Crippen LogP) is 4.58. The second-order valence-corrected chi connectivity index (χ2v) is 8.49. The Labute approximate surface area is 134 Å². The van der Waals surface area contributed by atoms with Gasteiger partial charge in [-0.3, -0.25) is 0 Å². The van der Waals surface area contributed by atoms with Gasteiger partial charge in [0.05, 0.1) is 0 Å². The van der Waals surface area contributed by atoms with Gasteiger partial charge in [-0.15, -0.1) is 0 Å². The zero-order valence-electron chi connectivity index (χ0n) is 13.2. The molecule has 3 rings (SSSR count). The molecule has 21 heavy (non-hydrogen) atoms. The number of hydrogen-bond donors (Lipinski definition) is 1. The second kappa shape index (κ2) is 7.19. The molecule has 0 bridgehead atoms. The second-order valence-electron chi connectivity index (χ2n) is 7.08. The molecule has 1 aromatic rings. The SMILES string of the molecule is NCC1(Cc2ccc(CCSC3CCCC3)cc2)CCC1. The smallest absolute Gasteiger partial charge is 0.00471 e. The van der Waals surface area contributed by atoms with Crippen LogP contribution in [0.3, 0.4) is 0 Å². The van der Waals surface area contributed by atoms with E-state index >= 15 is 0 Å². The molecular formula is C19H29NS. The molecule has 0 aromatic heterocycles. The van der Waals surface area contributed by atoms with Crippen molar-refractivity contribution in [2.45, 2.75) is 63.0 Å². The van der Waals surface area contributed by atoms with Crippen molar-refractivity contribution >= 4 is 11.8 Å². The summed E-state index contributed by atoms with van der Waals surface area (Å²) in [5.41, 5.74) is 9.38. The summed E-state index contributed by atoms with van der Waals surface area (Å²) in [6.45, 7) is 0.854. The Balaban J connectivity index is 1.45. The highest BCUT2D eigenvalue weighted by Crippen LogP contribution is 2.42. The van der Waals surface area contributed by atoms with Gasteiger partial charge in [0, 0.05) is 5.25 Å². The molecule has 2 saturated carbocycles. The summed E-state index contributed by atoms with van der Waals surface area (Å²) in [5.74, 6) is 1.29. The molecule has 0 amide bonds.